The zero-order chi connectivity index (χ0) is 18.2. The Bertz CT molecular complexity index is 805. The summed E-state index contributed by atoms with van der Waals surface area (Å²) in [5.41, 5.74) is 8.39. The van der Waals surface area contributed by atoms with Crippen molar-refractivity contribution >= 4 is 34.6 Å². The maximum absolute atomic E-state index is 8.83. The second-order valence-electron chi connectivity index (χ2n) is 5.35. The molecule has 0 radical (unpaired) electrons. The molecular formula is C17H18ClN7. The molecule has 0 saturated heterocycles. The average molecular weight is 356 g/mol. The van der Waals surface area contributed by atoms with E-state index in [1.54, 1.807) is 6.07 Å². The predicted molar refractivity (Wildman–Crippen MR) is 98.6 cm³/mol. The zero-order valence-electron chi connectivity index (χ0n) is 13.8. The van der Waals surface area contributed by atoms with Crippen molar-refractivity contribution in [3.05, 3.63) is 35.1 Å². The number of halogens is 1. The second-order valence-corrected chi connectivity index (χ2v) is 5.78. The van der Waals surface area contributed by atoms with Gasteiger partial charge in [-0.15, -0.1) is 0 Å². The Balaban J connectivity index is 2.32. The third-order valence-electron chi connectivity index (χ3n) is 3.60. The highest BCUT2D eigenvalue weighted by Gasteiger charge is 2.15. The second kappa shape index (κ2) is 8.72. The number of nitrogens with two attached hydrogens (primary N) is 1. The van der Waals surface area contributed by atoms with Crippen molar-refractivity contribution in [2.24, 2.45) is 0 Å². The van der Waals surface area contributed by atoms with Crippen molar-refractivity contribution in [1.82, 2.24) is 9.97 Å². The van der Waals surface area contributed by atoms with Crippen molar-refractivity contribution < 1.29 is 0 Å². The minimum absolute atomic E-state index is 0.311. The van der Waals surface area contributed by atoms with Crippen LogP contribution in [0.5, 0.6) is 0 Å². The summed E-state index contributed by atoms with van der Waals surface area (Å²) in [5, 5.41) is 21.4. The van der Waals surface area contributed by atoms with Gasteiger partial charge >= 0.3 is 0 Å². The fraction of sp³-hybridized carbons (Fsp3) is 0.294. The number of nitrogens with zero attached hydrogens (tertiary/aromatic N) is 5. The Hall–Kier alpha value is -3.03. The summed E-state index contributed by atoms with van der Waals surface area (Å²) in [6, 6.07) is 9.68. The van der Waals surface area contributed by atoms with E-state index in [-0.39, 0.29) is 0 Å². The zero-order valence-corrected chi connectivity index (χ0v) is 14.6. The molecule has 128 valence electrons. The van der Waals surface area contributed by atoms with Gasteiger partial charge in [0.2, 0.25) is 0 Å². The highest BCUT2D eigenvalue weighted by Crippen LogP contribution is 2.30. The van der Waals surface area contributed by atoms with Crippen LogP contribution in [0.1, 0.15) is 18.4 Å². The van der Waals surface area contributed by atoms with Gasteiger partial charge in [-0.3, -0.25) is 0 Å². The van der Waals surface area contributed by atoms with Crippen LogP contribution in [0, 0.1) is 29.6 Å². The molecule has 1 heterocycles. The Labute approximate surface area is 151 Å². The molecule has 0 saturated carbocycles. The number of hydrogen-bond acceptors (Lipinski definition) is 7. The molecule has 2 aromatic rings. The van der Waals surface area contributed by atoms with Gasteiger partial charge in [-0.25, -0.2) is 9.97 Å². The molecule has 8 heteroatoms. The molecule has 1 aromatic carbocycles. The van der Waals surface area contributed by atoms with Gasteiger partial charge in [0.25, 0.3) is 0 Å². The van der Waals surface area contributed by atoms with Crippen molar-refractivity contribution in [3.63, 3.8) is 0 Å². The summed E-state index contributed by atoms with van der Waals surface area (Å²) in [4.78, 5) is 10.3. The third kappa shape index (κ3) is 4.72. The number of rotatable bonds is 7. The Morgan fingerprint density at radius 3 is 2.52 bits per heavy atom. The molecular weight excluding hydrogens is 338 g/mol. The van der Waals surface area contributed by atoms with Crippen LogP contribution in [0.3, 0.4) is 0 Å². The van der Waals surface area contributed by atoms with Crippen LogP contribution < -0.4 is 16.0 Å². The van der Waals surface area contributed by atoms with Crippen LogP contribution >= 0.6 is 11.6 Å². The number of aryl methyl sites for hydroxylation is 1. The smallest absolute Gasteiger partial charge is 0.159 e. The van der Waals surface area contributed by atoms with Crippen LogP contribution in [0.4, 0.5) is 23.0 Å². The molecule has 0 bridgehead atoms. The summed E-state index contributed by atoms with van der Waals surface area (Å²) in [6.45, 7) is 2.83. The minimum atomic E-state index is 0.311. The first-order valence-electron chi connectivity index (χ1n) is 7.69. The monoisotopic (exact) mass is 355 g/mol. The number of aromatic nitrogens is 2. The number of nitrogen functional groups attached to an aromatic ring is 1. The Morgan fingerprint density at radius 1 is 1.20 bits per heavy atom. The number of benzene rings is 1. The lowest BCUT2D eigenvalue weighted by atomic mass is 10.2. The van der Waals surface area contributed by atoms with E-state index in [9.17, 15) is 0 Å². The number of nitriles is 2. The van der Waals surface area contributed by atoms with Crippen molar-refractivity contribution in [2.45, 2.75) is 19.8 Å². The summed E-state index contributed by atoms with van der Waals surface area (Å²) in [7, 11) is 0. The molecule has 0 fully saturated rings. The summed E-state index contributed by atoms with van der Waals surface area (Å²) >= 11 is 6.05. The van der Waals surface area contributed by atoms with Gasteiger partial charge in [-0.2, -0.15) is 10.5 Å². The molecule has 3 N–H and O–H groups in total. The quantitative estimate of drug-likeness (QED) is 0.781. The molecule has 0 aliphatic rings. The highest BCUT2D eigenvalue weighted by molar-refractivity contribution is 6.30. The standard InChI is InChI=1S/C17H18ClN7/c1-12-4-5-13(18)10-14(12)24-16-15(21)17(23-11-22-16)25(8-2-6-19)9-3-7-20/h4-5,10-11H,2-3,8-9,21H2,1H3,(H,22,23,24). The first kappa shape index (κ1) is 18.3. The Kier molecular flexibility index (Phi) is 6.39. The summed E-state index contributed by atoms with van der Waals surface area (Å²) < 4.78 is 0. The van der Waals surface area contributed by atoms with Crippen LogP contribution in [0.2, 0.25) is 5.02 Å². The molecule has 1 aromatic heterocycles. The predicted octanol–water partition coefficient (Wildman–Crippen LogP) is 3.40. The van der Waals surface area contributed by atoms with Crippen LogP contribution in [0.25, 0.3) is 0 Å². The van der Waals surface area contributed by atoms with Crippen LogP contribution in [-0.2, 0) is 0 Å². The molecule has 0 aliphatic heterocycles. The van der Waals surface area contributed by atoms with Gasteiger partial charge in [0.1, 0.15) is 12.0 Å². The molecule has 0 atom stereocenters. The number of nitrogens with one attached hydrogen (secondary N) is 1. The van der Waals surface area contributed by atoms with Gasteiger partial charge in [0.15, 0.2) is 11.6 Å². The number of anilines is 4. The first-order chi connectivity index (χ1) is 12.1. The molecule has 0 spiro atoms. The molecule has 0 unspecified atom stereocenters. The van der Waals surface area contributed by atoms with Crippen LogP contribution in [0.15, 0.2) is 24.5 Å². The van der Waals surface area contributed by atoms with E-state index in [0.29, 0.717) is 48.3 Å². The van der Waals surface area contributed by atoms with Crippen molar-refractivity contribution in [3.8, 4) is 12.1 Å². The molecule has 0 aliphatic carbocycles. The van der Waals surface area contributed by atoms with E-state index in [2.05, 4.69) is 27.4 Å². The summed E-state index contributed by atoms with van der Waals surface area (Å²) in [6.07, 6.45) is 2.02. The minimum Gasteiger partial charge on any atom is -0.393 e. The molecule has 0 amide bonds. The highest BCUT2D eigenvalue weighted by atomic mass is 35.5. The SMILES string of the molecule is Cc1ccc(Cl)cc1Nc1ncnc(N(CCC#N)CCC#N)c1N. The maximum Gasteiger partial charge on any atom is 0.159 e. The van der Waals surface area contributed by atoms with E-state index in [0.717, 1.165) is 11.3 Å². The molecule has 7 nitrogen and oxygen atoms in total. The summed E-state index contributed by atoms with van der Waals surface area (Å²) in [5.74, 6) is 0.956. The Morgan fingerprint density at radius 2 is 1.88 bits per heavy atom. The van der Waals surface area contributed by atoms with E-state index in [1.165, 1.54) is 6.33 Å². The largest absolute Gasteiger partial charge is 0.393 e. The van der Waals surface area contributed by atoms with Gasteiger partial charge in [0, 0.05) is 23.8 Å². The first-order valence-corrected chi connectivity index (χ1v) is 8.07. The topological polar surface area (TPSA) is 115 Å². The lowest BCUT2D eigenvalue weighted by molar-refractivity contribution is 0.782. The van der Waals surface area contributed by atoms with Crippen molar-refractivity contribution in [1.29, 1.82) is 10.5 Å². The van der Waals surface area contributed by atoms with E-state index >= 15 is 0 Å². The molecule has 2 rings (SSSR count). The molecule has 25 heavy (non-hydrogen) atoms. The van der Waals surface area contributed by atoms with Gasteiger partial charge in [-0.1, -0.05) is 17.7 Å². The number of hydrogen-bond donors (Lipinski definition) is 2. The maximum atomic E-state index is 8.83. The third-order valence-corrected chi connectivity index (χ3v) is 3.84. The van der Waals surface area contributed by atoms with Gasteiger partial charge < -0.3 is 16.0 Å². The average Bonchev–Trinajstić information content (AvgIpc) is 2.60. The van der Waals surface area contributed by atoms with E-state index < -0.39 is 0 Å². The van der Waals surface area contributed by atoms with Crippen LogP contribution in [-0.4, -0.2) is 23.1 Å². The normalized spacial score (nSPS) is 9.92. The van der Waals surface area contributed by atoms with Crippen molar-refractivity contribution in [2.75, 3.05) is 29.0 Å². The lowest BCUT2D eigenvalue weighted by Gasteiger charge is -2.23. The van der Waals surface area contributed by atoms with Gasteiger partial charge in [-0.05, 0) is 24.6 Å². The fourth-order valence-corrected chi connectivity index (χ4v) is 2.46. The van der Waals surface area contributed by atoms with E-state index in [1.807, 2.05) is 24.0 Å². The van der Waals surface area contributed by atoms with Gasteiger partial charge in [0.05, 0.1) is 25.0 Å². The fourth-order valence-electron chi connectivity index (χ4n) is 2.29. The lowest BCUT2D eigenvalue weighted by Crippen LogP contribution is -2.27. The van der Waals surface area contributed by atoms with E-state index in [4.69, 9.17) is 27.9 Å².